The highest BCUT2D eigenvalue weighted by atomic mass is 19.1. The van der Waals surface area contributed by atoms with E-state index in [0.29, 0.717) is 28.7 Å². The van der Waals surface area contributed by atoms with Crippen LogP contribution in [0.3, 0.4) is 0 Å². The van der Waals surface area contributed by atoms with E-state index >= 15 is 0 Å². The molecule has 0 saturated heterocycles. The number of methoxy groups -OCH3 is 1. The van der Waals surface area contributed by atoms with Gasteiger partial charge in [0, 0.05) is 16.7 Å². The van der Waals surface area contributed by atoms with Crippen LogP contribution in [0.1, 0.15) is 10.4 Å². The van der Waals surface area contributed by atoms with E-state index in [1.807, 2.05) is 6.07 Å². The summed E-state index contributed by atoms with van der Waals surface area (Å²) < 4.78 is 18.9. The molecule has 2 aromatic rings. The summed E-state index contributed by atoms with van der Waals surface area (Å²) in [5.74, 6) is 0.203. The summed E-state index contributed by atoms with van der Waals surface area (Å²) in [5, 5.41) is 0. The predicted octanol–water partition coefficient (Wildman–Crippen LogP) is 3.31. The molecule has 0 aliphatic rings. The Hall–Kier alpha value is -2.16. The van der Waals surface area contributed by atoms with Gasteiger partial charge in [0.1, 0.15) is 17.9 Å². The van der Waals surface area contributed by atoms with Crippen LogP contribution in [0.15, 0.2) is 42.5 Å². The van der Waals surface area contributed by atoms with Crippen molar-refractivity contribution in [1.82, 2.24) is 0 Å². The molecule has 0 spiro atoms. The monoisotopic (exact) mass is 230 g/mol. The zero-order valence-corrected chi connectivity index (χ0v) is 9.31. The van der Waals surface area contributed by atoms with Gasteiger partial charge in [0.25, 0.3) is 0 Å². The van der Waals surface area contributed by atoms with Gasteiger partial charge >= 0.3 is 0 Å². The Bertz CT molecular complexity index is 550. The van der Waals surface area contributed by atoms with Gasteiger partial charge in [-0.1, -0.05) is 18.2 Å². The maximum atomic E-state index is 13.7. The van der Waals surface area contributed by atoms with Crippen molar-refractivity contribution in [3.05, 3.63) is 53.8 Å². The third-order valence-corrected chi connectivity index (χ3v) is 2.52. The fourth-order valence-electron chi connectivity index (χ4n) is 1.69. The van der Waals surface area contributed by atoms with Gasteiger partial charge in [0.15, 0.2) is 0 Å². The molecule has 0 aliphatic carbocycles. The molecule has 0 heterocycles. The second-order valence-electron chi connectivity index (χ2n) is 3.56. The number of para-hydroxylation sites is 1. The van der Waals surface area contributed by atoms with Crippen LogP contribution in [-0.4, -0.2) is 13.4 Å². The van der Waals surface area contributed by atoms with Crippen LogP contribution in [-0.2, 0) is 0 Å². The Balaban J connectivity index is 2.62. The van der Waals surface area contributed by atoms with E-state index in [2.05, 4.69) is 0 Å². The maximum Gasteiger partial charge on any atom is 0.150 e. The first-order chi connectivity index (χ1) is 8.26. The largest absolute Gasteiger partial charge is 0.496 e. The average Bonchev–Trinajstić information content (AvgIpc) is 2.39. The molecular formula is C14H11FO2. The minimum absolute atomic E-state index is 0.368. The van der Waals surface area contributed by atoms with E-state index < -0.39 is 0 Å². The van der Waals surface area contributed by atoms with Gasteiger partial charge in [-0.3, -0.25) is 4.79 Å². The van der Waals surface area contributed by atoms with Crippen molar-refractivity contribution in [1.29, 1.82) is 0 Å². The molecule has 86 valence electrons. The molecule has 3 heteroatoms. The van der Waals surface area contributed by atoms with Crippen molar-refractivity contribution < 1.29 is 13.9 Å². The molecule has 0 saturated carbocycles. The standard InChI is InChI=1S/C14H11FO2/c1-17-14-5-3-2-4-11(14)12-8-10(9-16)6-7-13(12)15/h2-9H,1H3. The topological polar surface area (TPSA) is 26.3 Å². The van der Waals surface area contributed by atoms with E-state index in [1.165, 1.54) is 25.3 Å². The quantitative estimate of drug-likeness (QED) is 0.756. The third-order valence-electron chi connectivity index (χ3n) is 2.52. The number of carbonyl (C=O) groups is 1. The van der Waals surface area contributed by atoms with Crippen LogP contribution >= 0.6 is 0 Å². The number of carbonyl (C=O) groups excluding carboxylic acids is 1. The first-order valence-electron chi connectivity index (χ1n) is 5.14. The van der Waals surface area contributed by atoms with Crippen LogP contribution in [0.25, 0.3) is 11.1 Å². The highest BCUT2D eigenvalue weighted by Gasteiger charge is 2.10. The Morgan fingerprint density at radius 2 is 1.88 bits per heavy atom. The normalized spacial score (nSPS) is 10.0. The van der Waals surface area contributed by atoms with Crippen LogP contribution < -0.4 is 4.74 Å². The van der Waals surface area contributed by atoms with Crippen LogP contribution in [0.2, 0.25) is 0 Å². The van der Waals surface area contributed by atoms with Gasteiger partial charge in [-0.2, -0.15) is 0 Å². The van der Waals surface area contributed by atoms with E-state index in [0.717, 1.165) is 0 Å². The SMILES string of the molecule is COc1ccccc1-c1cc(C=O)ccc1F. The van der Waals surface area contributed by atoms with Crippen LogP contribution in [0.5, 0.6) is 5.75 Å². The molecule has 0 radical (unpaired) electrons. The summed E-state index contributed by atoms with van der Waals surface area (Å²) >= 11 is 0. The predicted molar refractivity (Wildman–Crippen MR) is 63.8 cm³/mol. The summed E-state index contributed by atoms with van der Waals surface area (Å²) in [6.45, 7) is 0. The summed E-state index contributed by atoms with van der Waals surface area (Å²) in [6, 6.07) is 11.4. The molecule has 2 rings (SSSR count). The first-order valence-corrected chi connectivity index (χ1v) is 5.14. The van der Waals surface area contributed by atoms with E-state index in [4.69, 9.17) is 4.74 Å². The molecule has 0 aliphatic heterocycles. The molecule has 17 heavy (non-hydrogen) atoms. The summed E-state index contributed by atoms with van der Waals surface area (Å²) in [6.07, 6.45) is 0.693. The first kappa shape index (κ1) is 11.3. The molecular weight excluding hydrogens is 219 g/mol. The molecule has 0 bridgehead atoms. The second-order valence-corrected chi connectivity index (χ2v) is 3.56. The maximum absolute atomic E-state index is 13.7. The third kappa shape index (κ3) is 2.18. The van der Waals surface area contributed by atoms with Gasteiger partial charge in [-0.05, 0) is 24.3 Å². The molecule has 0 atom stereocenters. The summed E-state index contributed by atoms with van der Waals surface area (Å²) in [4.78, 5) is 10.7. The molecule has 0 N–H and O–H groups in total. The minimum atomic E-state index is -0.375. The fourth-order valence-corrected chi connectivity index (χ4v) is 1.69. The molecule has 2 aromatic carbocycles. The Labute approximate surface area is 98.7 Å². The number of hydrogen-bond donors (Lipinski definition) is 0. The summed E-state index contributed by atoms with van der Waals surface area (Å²) in [5.41, 5.74) is 1.44. The molecule has 2 nitrogen and oxygen atoms in total. The lowest BCUT2D eigenvalue weighted by molar-refractivity contribution is 0.112. The van der Waals surface area contributed by atoms with Gasteiger partial charge < -0.3 is 4.74 Å². The molecule has 0 fully saturated rings. The van der Waals surface area contributed by atoms with Crippen molar-refractivity contribution in [2.45, 2.75) is 0 Å². The zero-order valence-electron chi connectivity index (χ0n) is 9.31. The second kappa shape index (κ2) is 4.78. The molecule has 0 unspecified atom stereocenters. The molecule has 0 aromatic heterocycles. The van der Waals surface area contributed by atoms with Crippen molar-refractivity contribution in [3.8, 4) is 16.9 Å². The lowest BCUT2D eigenvalue weighted by Crippen LogP contribution is -1.91. The van der Waals surface area contributed by atoms with Gasteiger partial charge in [-0.25, -0.2) is 4.39 Å². The van der Waals surface area contributed by atoms with Crippen molar-refractivity contribution in [2.75, 3.05) is 7.11 Å². The minimum Gasteiger partial charge on any atom is -0.496 e. The summed E-state index contributed by atoms with van der Waals surface area (Å²) in [7, 11) is 1.53. The fraction of sp³-hybridized carbons (Fsp3) is 0.0714. The van der Waals surface area contributed by atoms with Gasteiger partial charge in [0.2, 0.25) is 0 Å². The number of aldehydes is 1. The number of ether oxygens (including phenoxy) is 1. The number of halogens is 1. The Morgan fingerprint density at radius 3 is 2.59 bits per heavy atom. The van der Waals surface area contributed by atoms with E-state index in [1.54, 1.807) is 18.2 Å². The smallest absolute Gasteiger partial charge is 0.150 e. The van der Waals surface area contributed by atoms with Crippen LogP contribution in [0.4, 0.5) is 4.39 Å². The van der Waals surface area contributed by atoms with Gasteiger partial charge in [-0.15, -0.1) is 0 Å². The number of hydrogen-bond acceptors (Lipinski definition) is 2. The highest BCUT2D eigenvalue weighted by molar-refractivity contribution is 5.80. The number of rotatable bonds is 3. The lowest BCUT2D eigenvalue weighted by atomic mass is 10.0. The average molecular weight is 230 g/mol. The number of benzene rings is 2. The van der Waals surface area contributed by atoms with Gasteiger partial charge in [0.05, 0.1) is 7.11 Å². The van der Waals surface area contributed by atoms with Crippen molar-refractivity contribution in [3.63, 3.8) is 0 Å². The highest BCUT2D eigenvalue weighted by Crippen LogP contribution is 2.31. The van der Waals surface area contributed by atoms with E-state index in [-0.39, 0.29) is 5.82 Å². The van der Waals surface area contributed by atoms with Crippen LogP contribution in [0, 0.1) is 5.82 Å². The molecule has 0 amide bonds. The zero-order chi connectivity index (χ0) is 12.3. The van der Waals surface area contributed by atoms with Crippen molar-refractivity contribution in [2.24, 2.45) is 0 Å². The van der Waals surface area contributed by atoms with E-state index in [9.17, 15) is 9.18 Å². The lowest BCUT2D eigenvalue weighted by Gasteiger charge is -2.09. The Kier molecular flexibility index (Phi) is 3.19. The van der Waals surface area contributed by atoms with Crippen molar-refractivity contribution >= 4 is 6.29 Å². The Morgan fingerprint density at radius 1 is 1.12 bits per heavy atom.